The highest BCUT2D eigenvalue weighted by molar-refractivity contribution is 5.10. The number of fused-ring (bicyclic) bond motifs is 1. The van der Waals surface area contributed by atoms with Crippen LogP contribution in [0.25, 0.3) is 0 Å². The minimum Gasteiger partial charge on any atom is -0.445 e. The maximum absolute atomic E-state index is 12.7. The average molecular weight is 328 g/mol. The quantitative estimate of drug-likeness (QED) is 0.866. The molecule has 1 atom stereocenters. The summed E-state index contributed by atoms with van der Waals surface area (Å²) < 4.78 is 45.3. The van der Waals surface area contributed by atoms with Crippen LogP contribution in [0.15, 0.2) is 16.8 Å². The lowest BCUT2D eigenvalue weighted by Gasteiger charge is -2.27. The van der Waals surface area contributed by atoms with Gasteiger partial charge in [0.05, 0.1) is 12.7 Å². The molecule has 2 aromatic rings. The van der Waals surface area contributed by atoms with Gasteiger partial charge in [-0.25, -0.2) is 9.97 Å². The Balaban J connectivity index is 1.59. The molecule has 0 unspecified atom stereocenters. The largest absolute Gasteiger partial charge is 0.445 e. The molecule has 0 fully saturated rings. The number of oxazole rings is 1. The predicted molar refractivity (Wildman–Crippen MR) is 76.6 cm³/mol. The molecule has 0 aromatic carbocycles. The van der Waals surface area contributed by atoms with E-state index in [1.54, 1.807) is 10.8 Å². The Morgan fingerprint density at radius 1 is 1.43 bits per heavy atom. The molecule has 1 aliphatic rings. The van der Waals surface area contributed by atoms with Gasteiger partial charge < -0.3 is 8.98 Å². The highest BCUT2D eigenvalue weighted by atomic mass is 19.4. The highest BCUT2D eigenvalue weighted by Crippen LogP contribution is 2.30. The molecular formula is C15H19F3N4O. The van der Waals surface area contributed by atoms with Gasteiger partial charge in [0.15, 0.2) is 5.69 Å². The average Bonchev–Trinajstić information content (AvgIpc) is 3.04. The Labute approximate surface area is 132 Å². The van der Waals surface area contributed by atoms with Crippen LogP contribution in [0.4, 0.5) is 13.2 Å². The van der Waals surface area contributed by atoms with Gasteiger partial charge >= 0.3 is 6.18 Å². The van der Waals surface area contributed by atoms with E-state index in [1.807, 2.05) is 14.0 Å². The van der Waals surface area contributed by atoms with E-state index in [2.05, 4.69) is 14.9 Å². The van der Waals surface area contributed by atoms with Crippen LogP contribution in [-0.2, 0) is 25.7 Å². The minimum atomic E-state index is -4.38. The van der Waals surface area contributed by atoms with E-state index in [0.717, 1.165) is 24.9 Å². The normalized spacial score (nSPS) is 18.4. The van der Waals surface area contributed by atoms with Gasteiger partial charge in [-0.05, 0) is 26.3 Å². The van der Waals surface area contributed by atoms with Crippen molar-refractivity contribution in [2.45, 2.75) is 39.0 Å². The standard InChI is InChI=1S/C15H19F3N4O/c1-10-5-19-14(23-10)9-21(2)6-11-3-4-13-20-12(15(16,17)18)8-22(13)7-11/h5,8,11H,3-4,6-7,9H2,1-2H3/t11-/m0/s1. The number of alkyl halides is 3. The molecule has 8 heteroatoms. The number of aryl methyl sites for hydroxylation is 2. The molecule has 126 valence electrons. The lowest BCUT2D eigenvalue weighted by Crippen LogP contribution is -2.31. The van der Waals surface area contributed by atoms with E-state index in [1.165, 1.54) is 0 Å². The maximum Gasteiger partial charge on any atom is 0.434 e. The second-order valence-electron chi connectivity index (χ2n) is 6.16. The summed E-state index contributed by atoms with van der Waals surface area (Å²) in [5.41, 5.74) is -0.795. The van der Waals surface area contributed by atoms with Gasteiger partial charge in [-0.3, -0.25) is 4.90 Å². The summed E-state index contributed by atoms with van der Waals surface area (Å²) in [5.74, 6) is 2.25. The van der Waals surface area contributed by atoms with E-state index in [9.17, 15) is 13.2 Å². The Bertz CT molecular complexity index is 677. The van der Waals surface area contributed by atoms with Gasteiger partial charge in [0.1, 0.15) is 11.6 Å². The van der Waals surface area contributed by atoms with Gasteiger partial charge in [0.2, 0.25) is 5.89 Å². The van der Waals surface area contributed by atoms with Crippen molar-refractivity contribution in [3.8, 4) is 0 Å². The molecule has 0 spiro atoms. The molecule has 5 nitrogen and oxygen atoms in total. The monoisotopic (exact) mass is 328 g/mol. The second kappa shape index (κ2) is 5.99. The fourth-order valence-electron chi connectivity index (χ4n) is 3.01. The van der Waals surface area contributed by atoms with Crippen LogP contribution in [0.5, 0.6) is 0 Å². The van der Waals surface area contributed by atoms with Crippen LogP contribution >= 0.6 is 0 Å². The summed E-state index contributed by atoms with van der Waals surface area (Å²) in [6.45, 7) is 3.78. The van der Waals surface area contributed by atoms with Crippen LogP contribution in [0, 0.1) is 12.8 Å². The van der Waals surface area contributed by atoms with Gasteiger partial charge in [-0.2, -0.15) is 13.2 Å². The number of halogens is 3. The summed E-state index contributed by atoms with van der Waals surface area (Å²) in [4.78, 5) is 9.96. The molecule has 1 aliphatic heterocycles. The molecular weight excluding hydrogens is 309 g/mol. The third kappa shape index (κ3) is 3.74. The van der Waals surface area contributed by atoms with Crippen LogP contribution in [-0.4, -0.2) is 33.0 Å². The number of hydrogen-bond donors (Lipinski definition) is 0. The van der Waals surface area contributed by atoms with Crippen molar-refractivity contribution in [3.05, 3.63) is 35.6 Å². The topological polar surface area (TPSA) is 47.1 Å². The Morgan fingerprint density at radius 2 is 2.22 bits per heavy atom. The van der Waals surface area contributed by atoms with Crippen LogP contribution < -0.4 is 0 Å². The van der Waals surface area contributed by atoms with Crippen molar-refractivity contribution in [1.29, 1.82) is 0 Å². The van der Waals surface area contributed by atoms with Gasteiger partial charge in [0.25, 0.3) is 0 Å². The fourth-order valence-corrected chi connectivity index (χ4v) is 3.01. The zero-order valence-corrected chi connectivity index (χ0v) is 13.1. The summed E-state index contributed by atoms with van der Waals surface area (Å²) in [6.07, 6.45) is -0.158. The molecule has 23 heavy (non-hydrogen) atoms. The molecule has 2 aromatic heterocycles. The molecule has 3 rings (SSSR count). The zero-order valence-electron chi connectivity index (χ0n) is 13.1. The van der Waals surface area contributed by atoms with Crippen molar-refractivity contribution >= 4 is 0 Å². The molecule has 0 radical (unpaired) electrons. The molecule has 0 saturated heterocycles. The lowest BCUT2D eigenvalue weighted by atomic mass is 9.99. The molecule has 3 heterocycles. The minimum absolute atomic E-state index is 0.291. The summed E-state index contributed by atoms with van der Waals surface area (Å²) in [7, 11) is 1.96. The number of nitrogens with zero attached hydrogens (tertiary/aromatic N) is 4. The third-order valence-electron chi connectivity index (χ3n) is 4.02. The third-order valence-corrected chi connectivity index (χ3v) is 4.02. The van der Waals surface area contributed by atoms with Crippen molar-refractivity contribution in [2.24, 2.45) is 5.92 Å². The first-order chi connectivity index (χ1) is 10.8. The SMILES string of the molecule is Cc1cnc(CN(C)C[C@@H]2CCc3nc(C(F)(F)F)cn3C2)o1. The van der Waals surface area contributed by atoms with Gasteiger partial charge in [0, 0.05) is 25.7 Å². The van der Waals surface area contributed by atoms with Crippen molar-refractivity contribution < 1.29 is 17.6 Å². The van der Waals surface area contributed by atoms with Crippen LogP contribution in [0.1, 0.15) is 29.6 Å². The summed E-state index contributed by atoms with van der Waals surface area (Å²) >= 11 is 0. The Morgan fingerprint density at radius 3 is 2.87 bits per heavy atom. The van der Waals surface area contributed by atoms with E-state index in [0.29, 0.717) is 37.1 Å². The molecule has 0 amide bonds. The number of rotatable bonds is 4. The van der Waals surface area contributed by atoms with Crippen molar-refractivity contribution in [1.82, 2.24) is 19.4 Å². The first-order valence-corrected chi connectivity index (χ1v) is 7.54. The Kier molecular flexibility index (Phi) is 4.18. The van der Waals surface area contributed by atoms with Crippen LogP contribution in [0.3, 0.4) is 0 Å². The summed E-state index contributed by atoms with van der Waals surface area (Å²) in [6, 6.07) is 0. The summed E-state index contributed by atoms with van der Waals surface area (Å²) in [5, 5.41) is 0. The lowest BCUT2D eigenvalue weighted by molar-refractivity contribution is -0.141. The number of hydrogen-bond acceptors (Lipinski definition) is 4. The van der Waals surface area contributed by atoms with E-state index < -0.39 is 11.9 Å². The molecule has 0 saturated carbocycles. The molecule has 0 N–H and O–H groups in total. The highest BCUT2D eigenvalue weighted by Gasteiger charge is 2.35. The predicted octanol–water partition coefficient (Wildman–Crippen LogP) is 2.89. The first kappa shape index (κ1) is 16.0. The van der Waals surface area contributed by atoms with E-state index >= 15 is 0 Å². The van der Waals surface area contributed by atoms with Gasteiger partial charge in [-0.1, -0.05) is 0 Å². The van der Waals surface area contributed by atoms with E-state index in [4.69, 9.17) is 4.42 Å². The van der Waals surface area contributed by atoms with Crippen molar-refractivity contribution in [3.63, 3.8) is 0 Å². The van der Waals surface area contributed by atoms with Gasteiger partial charge in [-0.15, -0.1) is 0 Å². The number of imidazole rings is 1. The van der Waals surface area contributed by atoms with Crippen LogP contribution in [0.2, 0.25) is 0 Å². The Hall–Kier alpha value is -1.83. The number of aromatic nitrogens is 3. The first-order valence-electron chi connectivity index (χ1n) is 7.54. The zero-order chi connectivity index (χ0) is 16.6. The van der Waals surface area contributed by atoms with E-state index in [-0.39, 0.29) is 0 Å². The molecule has 0 bridgehead atoms. The maximum atomic E-state index is 12.7. The fraction of sp³-hybridized carbons (Fsp3) is 0.600. The molecule has 0 aliphatic carbocycles. The smallest absolute Gasteiger partial charge is 0.434 e. The second-order valence-corrected chi connectivity index (χ2v) is 6.16. The van der Waals surface area contributed by atoms with Crippen molar-refractivity contribution in [2.75, 3.05) is 13.6 Å².